The third-order valence-corrected chi connectivity index (χ3v) is 7.43. The number of ether oxygens (including phenoxy) is 1. The number of thiazole rings is 2. The van der Waals surface area contributed by atoms with Gasteiger partial charge in [-0.2, -0.15) is 0 Å². The minimum atomic E-state index is -0.842. The Morgan fingerprint density at radius 3 is 2.70 bits per heavy atom. The molecular weight excluding hydrogens is 464 g/mol. The zero-order valence-electron chi connectivity index (χ0n) is 17.2. The van der Waals surface area contributed by atoms with Crippen LogP contribution < -0.4 is 5.32 Å². The number of fused-ring (bicyclic) bond motifs is 1. The van der Waals surface area contributed by atoms with Crippen LogP contribution in [0, 0.1) is 18.8 Å². The number of anilines is 1. The van der Waals surface area contributed by atoms with Gasteiger partial charge in [-0.25, -0.2) is 14.8 Å². The monoisotopic (exact) mass is 480 g/mol. The molecule has 0 spiro atoms. The number of benzene rings is 1. The van der Waals surface area contributed by atoms with Crippen LogP contribution in [0.5, 0.6) is 0 Å². The molecule has 1 fully saturated rings. The van der Waals surface area contributed by atoms with Gasteiger partial charge in [-0.1, -0.05) is 46.8 Å². The van der Waals surface area contributed by atoms with E-state index < -0.39 is 17.5 Å². The number of nitrogens with one attached hydrogen (secondary N) is 1. The first-order valence-corrected chi connectivity index (χ1v) is 11.6. The van der Waals surface area contributed by atoms with Gasteiger partial charge in [0.1, 0.15) is 26.7 Å². The molecule has 2 N–H and O–H groups in total. The molecule has 33 heavy (non-hydrogen) atoms. The van der Waals surface area contributed by atoms with Crippen LogP contribution in [0.3, 0.4) is 0 Å². The molecular formula is C22H16N4O5S2. The number of carboxylic acids is 1. The van der Waals surface area contributed by atoms with E-state index in [4.69, 9.17) is 9.26 Å². The number of nitrogens with zero attached hydrogens (tertiary/aromatic N) is 3. The van der Waals surface area contributed by atoms with Crippen LogP contribution in [0.25, 0.3) is 9.66 Å². The van der Waals surface area contributed by atoms with Gasteiger partial charge >= 0.3 is 12.1 Å². The summed E-state index contributed by atoms with van der Waals surface area (Å²) in [6, 6.07) is 9.33. The number of hydrogen-bond acceptors (Lipinski definition) is 9. The van der Waals surface area contributed by atoms with E-state index in [1.54, 1.807) is 6.92 Å². The van der Waals surface area contributed by atoms with E-state index in [0.29, 0.717) is 40.0 Å². The Bertz CT molecular complexity index is 1390. The molecule has 1 aromatic carbocycles. The van der Waals surface area contributed by atoms with E-state index in [0.717, 1.165) is 9.58 Å². The van der Waals surface area contributed by atoms with Crippen LogP contribution in [0.4, 0.5) is 10.5 Å². The van der Waals surface area contributed by atoms with Gasteiger partial charge in [0.15, 0.2) is 22.1 Å². The summed E-state index contributed by atoms with van der Waals surface area (Å²) in [6.07, 6.45) is 0.558. The molecule has 0 bridgehead atoms. The number of aromatic nitrogens is 3. The normalized spacial score (nSPS) is 13.8. The minimum absolute atomic E-state index is 0.131. The first-order valence-electron chi connectivity index (χ1n) is 9.92. The van der Waals surface area contributed by atoms with Gasteiger partial charge in [0.25, 0.3) is 0 Å². The molecule has 3 aromatic heterocycles. The second kappa shape index (κ2) is 8.31. The molecule has 0 atom stereocenters. The third kappa shape index (κ3) is 4.18. The highest BCUT2D eigenvalue weighted by Crippen LogP contribution is 2.51. The Labute approximate surface area is 195 Å². The van der Waals surface area contributed by atoms with Gasteiger partial charge in [-0.05, 0) is 37.2 Å². The molecule has 0 aliphatic heterocycles. The Morgan fingerprint density at radius 2 is 2.00 bits per heavy atom. The average molecular weight is 481 g/mol. The first-order chi connectivity index (χ1) is 15.9. The average Bonchev–Trinajstić information content (AvgIpc) is 3.24. The summed E-state index contributed by atoms with van der Waals surface area (Å²) < 4.78 is 11.2. The van der Waals surface area contributed by atoms with Crippen molar-refractivity contribution in [3.8, 4) is 11.8 Å². The van der Waals surface area contributed by atoms with Crippen LogP contribution in [0.2, 0.25) is 0 Å². The molecule has 1 saturated carbocycles. The predicted molar refractivity (Wildman–Crippen MR) is 121 cm³/mol. The number of rotatable bonds is 5. The van der Waals surface area contributed by atoms with Crippen molar-refractivity contribution < 1.29 is 24.0 Å². The first kappa shape index (κ1) is 21.1. The Morgan fingerprint density at radius 1 is 1.21 bits per heavy atom. The number of aryl methyl sites for hydroxylation is 1. The number of carbonyl (C=O) groups excluding carboxylic acids is 1. The van der Waals surface area contributed by atoms with Crippen LogP contribution in [0.1, 0.15) is 39.9 Å². The smallest absolute Gasteiger partial charge is 0.412 e. The molecule has 1 aliphatic carbocycles. The van der Waals surface area contributed by atoms with E-state index in [9.17, 15) is 14.7 Å². The highest BCUT2D eigenvalue weighted by molar-refractivity contribution is 7.38. The van der Waals surface area contributed by atoms with Crippen LogP contribution in [-0.4, -0.2) is 32.3 Å². The zero-order valence-corrected chi connectivity index (χ0v) is 18.9. The fourth-order valence-corrected chi connectivity index (χ4v) is 5.33. The lowest BCUT2D eigenvalue weighted by Gasteiger charge is -2.06. The molecule has 1 aliphatic rings. The maximum atomic E-state index is 12.2. The van der Waals surface area contributed by atoms with Gasteiger partial charge in [0, 0.05) is 0 Å². The predicted octanol–water partition coefficient (Wildman–Crippen LogP) is 4.31. The SMILES string of the molecule is Cc1onc(C#Cc2nc3nc(C4(C(=O)O)CC4)sc3s2)c1NC(=O)OCc1ccccc1. The van der Waals surface area contributed by atoms with E-state index in [-0.39, 0.29) is 12.3 Å². The van der Waals surface area contributed by atoms with Crippen molar-refractivity contribution in [2.45, 2.75) is 31.8 Å². The summed E-state index contributed by atoms with van der Waals surface area (Å²) in [5, 5.41) is 17.1. The van der Waals surface area contributed by atoms with Gasteiger partial charge in [-0.15, -0.1) is 11.3 Å². The molecule has 3 heterocycles. The minimum Gasteiger partial charge on any atom is -0.481 e. The molecule has 0 radical (unpaired) electrons. The fraction of sp³-hybridized carbons (Fsp3) is 0.227. The maximum absolute atomic E-state index is 12.2. The number of amides is 1. The lowest BCUT2D eigenvalue weighted by atomic mass is 10.1. The molecule has 9 nitrogen and oxygen atoms in total. The van der Waals surface area contributed by atoms with Crippen molar-refractivity contribution in [2.75, 3.05) is 5.32 Å². The molecule has 1 amide bonds. The summed E-state index contributed by atoms with van der Waals surface area (Å²) in [6.45, 7) is 1.79. The number of aliphatic carboxylic acids is 1. The zero-order chi connectivity index (χ0) is 23.0. The lowest BCUT2D eigenvalue weighted by molar-refractivity contribution is -0.140. The Balaban J connectivity index is 1.29. The third-order valence-electron chi connectivity index (χ3n) is 5.14. The Kier molecular flexibility index (Phi) is 5.32. The van der Waals surface area contributed by atoms with Crippen molar-refractivity contribution in [1.29, 1.82) is 0 Å². The topological polar surface area (TPSA) is 127 Å². The molecule has 4 aromatic rings. The van der Waals surface area contributed by atoms with Crippen molar-refractivity contribution >= 4 is 50.1 Å². The molecule has 166 valence electrons. The van der Waals surface area contributed by atoms with Crippen molar-refractivity contribution in [2.24, 2.45) is 0 Å². The Hall–Kier alpha value is -3.75. The van der Waals surface area contributed by atoms with Crippen molar-refractivity contribution in [3.63, 3.8) is 0 Å². The van der Waals surface area contributed by atoms with Crippen LogP contribution in [-0.2, 0) is 21.6 Å². The highest BCUT2D eigenvalue weighted by Gasteiger charge is 2.54. The number of carbonyl (C=O) groups is 2. The second-order valence-electron chi connectivity index (χ2n) is 7.44. The second-order valence-corrected chi connectivity index (χ2v) is 9.69. The molecule has 0 unspecified atom stereocenters. The van der Waals surface area contributed by atoms with Crippen molar-refractivity contribution in [3.05, 3.63) is 57.4 Å². The van der Waals surface area contributed by atoms with Gasteiger partial charge in [0.05, 0.1) is 0 Å². The lowest BCUT2D eigenvalue weighted by Crippen LogP contribution is -2.18. The van der Waals surface area contributed by atoms with Crippen LogP contribution in [0.15, 0.2) is 34.9 Å². The standard InChI is InChI=1S/C22H16N4O5S2/c1-12-16(24-21(29)30-11-13-5-3-2-4-6-13)14(26-31-12)7-8-15-23-17-18(32-15)33-19(25-17)22(9-10-22)20(27)28/h2-6H,9-11H2,1H3,(H,24,29)(H,27,28). The van der Waals surface area contributed by atoms with E-state index >= 15 is 0 Å². The summed E-state index contributed by atoms with van der Waals surface area (Å²) in [5.41, 5.74) is 1.10. The van der Waals surface area contributed by atoms with E-state index in [1.165, 1.54) is 22.7 Å². The fourth-order valence-electron chi connectivity index (χ4n) is 3.12. The summed E-state index contributed by atoms with van der Waals surface area (Å²) in [7, 11) is 0. The summed E-state index contributed by atoms with van der Waals surface area (Å²) in [4.78, 5) is 32.5. The molecule has 0 saturated heterocycles. The van der Waals surface area contributed by atoms with Gasteiger partial charge < -0.3 is 14.4 Å². The molecule has 11 heteroatoms. The van der Waals surface area contributed by atoms with Crippen LogP contribution >= 0.6 is 22.7 Å². The number of hydrogen-bond donors (Lipinski definition) is 2. The van der Waals surface area contributed by atoms with E-state index in [1.807, 2.05) is 30.3 Å². The van der Waals surface area contributed by atoms with Gasteiger partial charge in [-0.3, -0.25) is 10.1 Å². The van der Waals surface area contributed by atoms with E-state index in [2.05, 4.69) is 32.3 Å². The highest BCUT2D eigenvalue weighted by atomic mass is 32.2. The molecule has 5 rings (SSSR count). The largest absolute Gasteiger partial charge is 0.481 e. The quantitative estimate of drug-likeness (QED) is 0.405. The maximum Gasteiger partial charge on any atom is 0.412 e. The van der Waals surface area contributed by atoms with Gasteiger partial charge in [0.2, 0.25) is 0 Å². The summed E-state index contributed by atoms with van der Waals surface area (Å²) >= 11 is 2.68. The van der Waals surface area contributed by atoms with Crippen molar-refractivity contribution in [1.82, 2.24) is 15.1 Å². The summed E-state index contributed by atoms with van der Waals surface area (Å²) in [5.74, 6) is 5.33. The number of carboxylic acid groups (broad SMARTS) is 1.